The van der Waals surface area contributed by atoms with Crippen molar-refractivity contribution in [3.8, 4) is 10.4 Å². The summed E-state index contributed by atoms with van der Waals surface area (Å²) in [5, 5.41) is 9.63. The van der Waals surface area contributed by atoms with Crippen molar-refractivity contribution < 1.29 is 14.7 Å². The van der Waals surface area contributed by atoms with E-state index in [-0.39, 0.29) is 10.9 Å². The van der Waals surface area contributed by atoms with Crippen molar-refractivity contribution >= 4 is 29.4 Å². The Balaban J connectivity index is 0.000000352. The molecular formula is C26H36N2O3S. The summed E-state index contributed by atoms with van der Waals surface area (Å²) < 4.78 is 0. The minimum Gasteiger partial charge on any atom is -0.477 e. The quantitative estimate of drug-likeness (QED) is 0.549. The smallest absolute Gasteiger partial charge is 0.348 e. The molecule has 1 unspecified atom stereocenters. The monoisotopic (exact) mass is 456 g/mol. The van der Waals surface area contributed by atoms with Crippen LogP contribution in [-0.4, -0.2) is 48.6 Å². The fourth-order valence-electron chi connectivity index (χ4n) is 4.62. The molecule has 4 rings (SSSR count). The van der Waals surface area contributed by atoms with E-state index in [1.807, 2.05) is 36.4 Å². The molecule has 2 fully saturated rings. The van der Waals surface area contributed by atoms with Gasteiger partial charge in [0, 0.05) is 10.9 Å². The summed E-state index contributed by atoms with van der Waals surface area (Å²) in [6.45, 7) is 4.28. The van der Waals surface area contributed by atoms with Gasteiger partial charge in [0.1, 0.15) is 4.88 Å². The van der Waals surface area contributed by atoms with E-state index < -0.39 is 5.97 Å². The van der Waals surface area contributed by atoms with E-state index in [4.69, 9.17) is 0 Å². The number of carboxylic acids is 1. The lowest BCUT2D eigenvalue weighted by Crippen LogP contribution is -2.35. The number of carbonyl (C=O) groups is 2. The lowest BCUT2D eigenvalue weighted by atomic mass is 9.91. The Hall–Kier alpha value is -2.18. The van der Waals surface area contributed by atoms with Gasteiger partial charge in [0.2, 0.25) is 6.41 Å². The summed E-state index contributed by atoms with van der Waals surface area (Å²) in [4.78, 5) is 28.6. The van der Waals surface area contributed by atoms with Crippen molar-refractivity contribution in [1.82, 2.24) is 4.90 Å². The zero-order valence-corrected chi connectivity index (χ0v) is 20.2. The Morgan fingerprint density at radius 3 is 2.38 bits per heavy atom. The zero-order valence-electron chi connectivity index (χ0n) is 19.3. The van der Waals surface area contributed by atoms with Crippen molar-refractivity contribution in [2.24, 2.45) is 5.92 Å². The maximum atomic E-state index is 11.8. The zero-order chi connectivity index (χ0) is 22.9. The first kappa shape index (κ1) is 24.5. The molecule has 1 aromatic carbocycles. The highest BCUT2D eigenvalue weighted by Crippen LogP contribution is 2.38. The summed E-state index contributed by atoms with van der Waals surface area (Å²) in [6.07, 6.45) is 11.0. The number of likely N-dealkylation sites (tertiary alicyclic amines) is 1. The van der Waals surface area contributed by atoms with Gasteiger partial charge in [0.05, 0.1) is 5.69 Å². The van der Waals surface area contributed by atoms with Crippen LogP contribution < -0.4 is 4.90 Å². The summed E-state index contributed by atoms with van der Waals surface area (Å²) in [5.74, 6) is 0.0496. The highest BCUT2D eigenvalue weighted by molar-refractivity contribution is 7.18. The number of anilines is 1. The van der Waals surface area contributed by atoms with E-state index in [0.29, 0.717) is 5.69 Å². The summed E-state index contributed by atoms with van der Waals surface area (Å²) >= 11 is 1.22. The van der Waals surface area contributed by atoms with Gasteiger partial charge in [-0.1, -0.05) is 69.4 Å². The van der Waals surface area contributed by atoms with Crippen LogP contribution in [-0.2, 0) is 4.79 Å². The summed E-state index contributed by atoms with van der Waals surface area (Å²) in [6, 6.07) is 11.6. The molecule has 1 atom stereocenters. The maximum Gasteiger partial charge on any atom is 0.348 e. The molecule has 0 bridgehead atoms. The number of benzene rings is 1. The van der Waals surface area contributed by atoms with Gasteiger partial charge >= 0.3 is 5.97 Å². The molecule has 0 radical (unpaired) electrons. The van der Waals surface area contributed by atoms with Crippen LogP contribution in [0.4, 0.5) is 5.69 Å². The van der Waals surface area contributed by atoms with Gasteiger partial charge in [-0.3, -0.25) is 4.79 Å². The van der Waals surface area contributed by atoms with Gasteiger partial charge in [-0.25, -0.2) is 4.79 Å². The Labute approximate surface area is 196 Å². The van der Waals surface area contributed by atoms with Gasteiger partial charge in [-0.2, -0.15) is 0 Å². The minimum absolute atomic E-state index is 0.0405. The van der Waals surface area contributed by atoms with Crippen LogP contribution >= 0.6 is 11.3 Å². The van der Waals surface area contributed by atoms with Crippen molar-refractivity contribution in [1.29, 1.82) is 0 Å². The van der Waals surface area contributed by atoms with Gasteiger partial charge in [-0.15, -0.1) is 11.3 Å². The number of thiophene rings is 1. The molecule has 1 aliphatic carbocycles. The van der Waals surface area contributed by atoms with Gasteiger partial charge in [0.25, 0.3) is 0 Å². The Morgan fingerprint density at radius 2 is 1.78 bits per heavy atom. The molecule has 5 nitrogen and oxygen atoms in total. The first-order chi connectivity index (χ1) is 15.5. The van der Waals surface area contributed by atoms with E-state index in [1.54, 1.807) is 4.90 Å². The number of hydrogen-bond donors (Lipinski definition) is 1. The number of amides is 1. The van der Waals surface area contributed by atoms with Gasteiger partial charge in [0.15, 0.2) is 0 Å². The third-order valence-electron chi connectivity index (χ3n) is 6.57. The van der Waals surface area contributed by atoms with Crippen molar-refractivity contribution in [2.75, 3.05) is 25.0 Å². The van der Waals surface area contributed by atoms with Crippen LogP contribution in [0, 0.1) is 5.92 Å². The molecule has 6 heteroatoms. The summed E-state index contributed by atoms with van der Waals surface area (Å²) in [7, 11) is 2.08. The molecule has 1 saturated heterocycles. The summed E-state index contributed by atoms with van der Waals surface area (Å²) in [5.41, 5.74) is 1.48. The van der Waals surface area contributed by atoms with E-state index in [1.165, 1.54) is 43.4 Å². The number of rotatable bonds is 5. The molecule has 2 aliphatic rings. The number of aromatic carboxylic acids is 1. The predicted octanol–water partition coefficient (Wildman–Crippen LogP) is 6.15. The molecule has 2 aromatic rings. The van der Waals surface area contributed by atoms with Gasteiger partial charge < -0.3 is 14.9 Å². The van der Waals surface area contributed by atoms with Crippen LogP contribution in [0.25, 0.3) is 10.4 Å². The molecule has 174 valence electrons. The number of hydrogen-bond acceptors (Lipinski definition) is 4. The van der Waals surface area contributed by atoms with Crippen LogP contribution in [0.5, 0.6) is 0 Å². The Kier molecular flexibility index (Phi) is 9.30. The molecule has 1 aliphatic heterocycles. The van der Waals surface area contributed by atoms with Crippen LogP contribution in [0.3, 0.4) is 0 Å². The van der Waals surface area contributed by atoms with Crippen molar-refractivity contribution in [3.63, 3.8) is 0 Å². The van der Waals surface area contributed by atoms with Crippen LogP contribution in [0.15, 0.2) is 36.4 Å². The highest BCUT2D eigenvalue weighted by Gasteiger charge is 2.27. The van der Waals surface area contributed by atoms with E-state index in [2.05, 4.69) is 18.9 Å². The average molecular weight is 457 g/mol. The minimum atomic E-state index is -0.986. The van der Waals surface area contributed by atoms with E-state index in [9.17, 15) is 14.7 Å². The molecule has 1 saturated carbocycles. The first-order valence-electron chi connectivity index (χ1n) is 11.8. The van der Waals surface area contributed by atoms with Crippen molar-refractivity contribution in [2.45, 2.75) is 64.3 Å². The SMILES string of the molecule is CC1CCCCC1.CN1CCCC(N(C=O)c2cc(-c3ccccc3)sc2C(=O)O)CC1. The fourth-order valence-corrected chi connectivity index (χ4v) is 5.62. The van der Waals surface area contributed by atoms with Crippen LogP contribution in [0.1, 0.15) is 68.0 Å². The largest absolute Gasteiger partial charge is 0.477 e. The molecule has 0 spiro atoms. The number of carbonyl (C=O) groups excluding carboxylic acids is 1. The maximum absolute atomic E-state index is 11.8. The Bertz CT molecular complexity index is 861. The fraction of sp³-hybridized carbons (Fsp3) is 0.538. The molecule has 1 N–H and O–H groups in total. The number of carboxylic acid groups (broad SMARTS) is 1. The molecule has 1 aromatic heterocycles. The normalized spacial score (nSPS) is 20.0. The third kappa shape index (κ3) is 6.66. The first-order valence-corrected chi connectivity index (χ1v) is 12.7. The van der Waals surface area contributed by atoms with E-state index in [0.717, 1.165) is 55.1 Å². The second-order valence-electron chi connectivity index (χ2n) is 9.14. The van der Waals surface area contributed by atoms with Gasteiger partial charge in [-0.05, 0) is 56.9 Å². The van der Waals surface area contributed by atoms with E-state index >= 15 is 0 Å². The second-order valence-corrected chi connectivity index (χ2v) is 10.2. The van der Waals surface area contributed by atoms with Crippen LogP contribution in [0.2, 0.25) is 0 Å². The Morgan fingerprint density at radius 1 is 1.06 bits per heavy atom. The third-order valence-corrected chi connectivity index (χ3v) is 7.73. The lowest BCUT2D eigenvalue weighted by molar-refractivity contribution is -0.107. The second kappa shape index (κ2) is 12.2. The molecule has 32 heavy (non-hydrogen) atoms. The lowest BCUT2D eigenvalue weighted by Gasteiger charge is -2.27. The molecular weight excluding hydrogens is 420 g/mol. The predicted molar refractivity (Wildman–Crippen MR) is 133 cm³/mol. The topological polar surface area (TPSA) is 60.9 Å². The molecule has 2 heterocycles. The highest BCUT2D eigenvalue weighted by atomic mass is 32.1. The molecule has 1 amide bonds. The standard InChI is InChI=1S/C19H22N2O3S.C7H14/c1-20-10-5-8-15(9-11-20)21(13-22)16-12-17(25-18(16)19(23)24)14-6-3-2-4-7-14;1-7-5-3-2-4-6-7/h2-4,6-7,12-13,15H,5,8-11H2,1H3,(H,23,24);7H,2-6H2,1H3. The van der Waals surface area contributed by atoms with Crippen molar-refractivity contribution in [3.05, 3.63) is 41.3 Å². The number of nitrogens with zero attached hydrogens (tertiary/aromatic N) is 2. The average Bonchev–Trinajstić information content (AvgIpc) is 3.13.